The molecule has 1 aromatic carbocycles. The summed E-state index contributed by atoms with van der Waals surface area (Å²) < 4.78 is 26.0. The van der Waals surface area contributed by atoms with Gasteiger partial charge < -0.3 is 4.52 Å². The summed E-state index contributed by atoms with van der Waals surface area (Å²) in [5.74, 6) is 0.633. The lowest BCUT2D eigenvalue weighted by Crippen LogP contribution is -2.22. The average molecular weight is 295 g/mol. The smallest absolute Gasteiger partial charge is 0.413 e. The van der Waals surface area contributed by atoms with E-state index in [0.29, 0.717) is 12.4 Å². The van der Waals surface area contributed by atoms with Crippen molar-refractivity contribution in [1.82, 2.24) is 4.67 Å². The van der Waals surface area contributed by atoms with Crippen LogP contribution in [-0.2, 0) is 14.5 Å². The van der Waals surface area contributed by atoms with Crippen LogP contribution in [-0.4, -0.2) is 23.9 Å². The summed E-state index contributed by atoms with van der Waals surface area (Å²) in [5.41, 5.74) is 1.21. The van der Waals surface area contributed by atoms with E-state index >= 15 is 0 Å². The fraction of sp³-hybridized carbons (Fsp3) is 0.600. The zero-order chi connectivity index (χ0) is 14.4. The topological polar surface area (TPSA) is 38.8 Å². The molecule has 0 unspecified atom stereocenters. The van der Waals surface area contributed by atoms with Crippen LogP contribution in [0.3, 0.4) is 0 Å². The quantitative estimate of drug-likeness (QED) is 0.774. The Morgan fingerprint density at radius 3 is 2.95 bits per heavy atom. The minimum Gasteiger partial charge on any atom is -0.413 e. The second-order valence-corrected chi connectivity index (χ2v) is 8.48. The summed E-state index contributed by atoms with van der Waals surface area (Å²) in [6, 6.07) is 8.09. The van der Waals surface area contributed by atoms with Crippen molar-refractivity contribution in [1.29, 1.82) is 0 Å². The van der Waals surface area contributed by atoms with E-state index in [4.69, 9.17) is 9.05 Å². The molecule has 0 amide bonds. The van der Waals surface area contributed by atoms with Crippen LogP contribution in [0.1, 0.15) is 39.2 Å². The van der Waals surface area contributed by atoms with Crippen molar-refractivity contribution < 1.29 is 13.6 Å². The third-order valence-electron chi connectivity index (χ3n) is 4.01. The van der Waals surface area contributed by atoms with Crippen molar-refractivity contribution in [3.63, 3.8) is 0 Å². The summed E-state index contributed by atoms with van der Waals surface area (Å²) in [6.45, 7) is 7.78. The molecule has 1 aromatic rings. The lowest BCUT2D eigenvalue weighted by atomic mass is 9.87. The van der Waals surface area contributed by atoms with Crippen LogP contribution in [0.5, 0.6) is 5.75 Å². The molecule has 0 saturated carbocycles. The Hall–Kier alpha value is -0.830. The first-order valence-electron chi connectivity index (χ1n) is 7.20. The number of benzene rings is 1. The molecule has 0 bridgehead atoms. The maximum absolute atomic E-state index is 12.8. The van der Waals surface area contributed by atoms with Crippen LogP contribution < -0.4 is 4.52 Å². The van der Waals surface area contributed by atoms with E-state index < -0.39 is 7.75 Å². The van der Waals surface area contributed by atoms with Gasteiger partial charge in [-0.05, 0) is 36.0 Å². The van der Waals surface area contributed by atoms with Crippen LogP contribution in [0.25, 0.3) is 0 Å². The number of nitrogens with zero attached hydrogens (tertiary/aromatic N) is 1. The highest BCUT2D eigenvalue weighted by molar-refractivity contribution is 7.52. The minimum absolute atomic E-state index is 0.0422. The van der Waals surface area contributed by atoms with Gasteiger partial charge in [0.2, 0.25) is 0 Å². The Balaban J connectivity index is 1.83. The van der Waals surface area contributed by atoms with Gasteiger partial charge in [0.05, 0.1) is 6.61 Å². The molecule has 5 heteroatoms. The molecule has 2 saturated heterocycles. The maximum atomic E-state index is 12.8. The predicted molar refractivity (Wildman–Crippen MR) is 79.1 cm³/mol. The molecule has 20 heavy (non-hydrogen) atoms. The summed E-state index contributed by atoms with van der Waals surface area (Å²) in [5, 5.41) is 0. The van der Waals surface area contributed by atoms with Crippen molar-refractivity contribution in [2.75, 3.05) is 13.2 Å². The molecule has 2 heterocycles. The summed E-state index contributed by atoms with van der Waals surface area (Å²) in [7, 11) is -3.13. The molecule has 0 aliphatic carbocycles. The van der Waals surface area contributed by atoms with E-state index in [2.05, 4.69) is 26.8 Å². The van der Waals surface area contributed by atoms with Gasteiger partial charge in [-0.1, -0.05) is 32.9 Å². The molecule has 0 N–H and O–H groups in total. The van der Waals surface area contributed by atoms with Gasteiger partial charge in [0, 0.05) is 12.6 Å². The summed E-state index contributed by atoms with van der Waals surface area (Å²) >= 11 is 0. The first-order chi connectivity index (χ1) is 9.38. The first-order valence-corrected chi connectivity index (χ1v) is 8.70. The van der Waals surface area contributed by atoms with Crippen molar-refractivity contribution in [2.24, 2.45) is 0 Å². The number of hydrogen-bond donors (Lipinski definition) is 0. The molecule has 0 spiro atoms. The monoisotopic (exact) mass is 295 g/mol. The molecule has 2 aliphatic rings. The second kappa shape index (κ2) is 4.87. The molecule has 4 nitrogen and oxygen atoms in total. The molecule has 0 radical (unpaired) electrons. The highest BCUT2D eigenvalue weighted by atomic mass is 31.2. The van der Waals surface area contributed by atoms with E-state index in [0.717, 1.165) is 19.4 Å². The Kier molecular flexibility index (Phi) is 3.44. The van der Waals surface area contributed by atoms with Crippen LogP contribution in [0.15, 0.2) is 24.3 Å². The van der Waals surface area contributed by atoms with E-state index in [1.807, 2.05) is 22.9 Å². The number of fused-ring (bicyclic) bond motifs is 1. The molecule has 3 rings (SSSR count). The first kappa shape index (κ1) is 14.1. The summed E-state index contributed by atoms with van der Waals surface area (Å²) in [6.07, 6.45) is 2.12. The van der Waals surface area contributed by atoms with Crippen molar-refractivity contribution in [3.8, 4) is 5.75 Å². The van der Waals surface area contributed by atoms with E-state index in [9.17, 15) is 4.57 Å². The number of hydrogen-bond acceptors (Lipinski definition) is 3. The van der Waals surface area contributed by atoms with Gasteiger partial charge in [-0.25, -0.2) is 4.57 Å². The fourth-order valence-electron chi connectivity index (χ4n) is 2.80. The number of rotatable bonds is 2. The van der Waals surface area contributed by atoms with Crippen LogP contribution in [0.4, 0.5) is 0 Å². The Morgan fingerprint density at radius 1 is 1.40 bits per heavy atom. The average Bonchev–Trinajstić information content (AvgIpc) is 2.94. The Bertz CT molecular complexity index is 552. The van der Waals surface area contributed by atoms with Crippen LogP contribution >= 0.6 is 7.75 Å². The highest BCUT2D eigenvalue weighted by Gasteiger charge is 2.49. The Morgan fingerprint density at radius 2 is 2.20 bits per heavy atom. The van der Waals surface area contributed by atoms with Gasteiger partial charge in [-0.15, -0.1) is 0 Å². The molecule has 2 aliphatic heterocycles. The zero-order valence-electron chi connectivity index (χ0n) is 12.3. The Labute approximate surface area is 120 Å². The van der Waals surface area contributed by atoms with Gasteiger partial charge in [0.1, 0.15) is 5.75 Å². The van der Waals surface area contributed by atoms with Crippen molar-refractivity contribution in [2.45, 2.75) is 45.1 Å². The minimum atomic E-state index is -3.13. The normalized spacial score (nSPS) is 30.4. The van der Waals surface area contributed by atoms with E-state index in [-0.39, 0.29) is 11.5 Å². The second-order valence-electron chi connectivity index (χ2n) is 6.59. The van der Waals surface area contributed by atoms with Gasteiger partial charge in [-0.2, -0.15) is 4.67 Å². The SMILES string of the molecule is CC(C)(C)c1cccc(O[P@@]2(=O)OC[C@@H]3CCCN32)c1. The van der Waals surface area contributed by atoms with Gasteiger partial charge in [-0.3, -0.25) is 4.52 Å². The third-order valence-corrected chi connectivity index (χ3v) is 6.08. The predicted octanol–water partition coefficient (Wildman–Crippen LogP) is 3.97. The lowest BCUT2D eigenvalue weighted by molar-refractivity contribution is 0.287. The van der Waals surface area contributed by atoms with Crippen molar-refractivity contribution in [3.05, 3.63) is 29.8 Å². The van der Waals surface area contributed by atoms with Gasteiger partial charge in [0.15, 0.2) is 0 Å². The maximum Gasteiger partial charge on any atom is 0.461 e. The molecule has 2 atom stereocenters. The highest BCUT2D eigenvalue weighted by Crippen LogP contribution is 2.59. The van der Waals surface area contributed by atoms with Gasteiger partial charge in [0.25, 0.3) is 0 Å². The molecular formula is C15H22NO3P. The third kappa shape index (κ3) is 2.52. The lowest BCUT2D eigenvalue weighted by Gasteiger charge is -2.23. The molecular weight excluding hydrogens is 273 g/mol. The molecule has 0 aromatic heterocycles. The largest absolute Gasteiger partial charge is 0.461 e. The summed E-state index contributed by atoms with van der Waals surface area (Å²) in [4.78, 5) is 0. The van der Waals surface area contributed by atoms with Crippen LogP contribution in [0.2, 0.25) is 0 Å². The zero-order valence-corrected chi connectivity index (χ0v) is 13.2. The van der Waals surface area contributed by atoms with Crippen LogP contribution in [0, 0.1) is 0 Å². The van der Waals surface area contributed by atoms with Gasteiger partial charge >= 0.3 is 7.75 Å². The van der Waals surface area contributed by atoms with Crippen molar-refractivity contribution >= 4 is 7.75 Å². The van der Waals surface area contributed by atoms with E-state index in [1.165, 1.54) is 5.56 Å². The standard InChI is InChI=1S/C15H22NO3P/c1-15(2,3)12-6-4-8-14(10-12)19-20(17)16-9-5-7-13(16)11-18-20/h4,6,8,10,13H,5,7,9,11H2,1-3H3/t13-,20-/m0/s1. The fourth-order valence-corrected chi connectivity index (χ4v) is 4.81. The van der Waals surface area contributed by atoms with E-state index in [1.54, 1.807) is 0 Å². The molecule has 2 fully saturated rings. The molecule has 110 valence electrons.